The van der Waals surface area contributed by atoms with Gasteiger partial charge in [0.15, 0.2) is 0 Å². The van der Waals surface area contributed by atoms with Crippen molar-refractivity contribution >= 4 is 0 Å². The Hall–Kier alpha value is -0.120. The van der Waals surface area contributed by atoms with E-state index in [-0.39, 0.29) is 6.61 Å². The number of piperidine rings is 1. The number of aliphatic hydroxyl groups excluding tert-OH is 1. The van der Waals surface area contributed by atoms with Crippen molar-refractivity contribution in [1.82, 2.24) is 10.2 Å². The van der Waals surface area contributed by atoms with E-state index in [9.17, 15) is 0 Å². The van der Waals surface area contributed by atoms with Crippen LogP contribution in [0.5, 0.6) is 0 Å². The molecule has 2 fully saturated rings. The minimum atomic E-state index is 0.257. The number of nitrogens with one attached hydrogen (secondary N) is 1. The maximum Gasteiger partial charge on any atom is 0.0556 e. The Kier molecular flexibility index (Phi) is 5.46. The minimum absolute atomic E-state index is 0.257. The van der Waals surface area contributed by atoms with Crippen LogP contribution in [0.1, 0.15) is 46.0 Å². The predicted molar refractivity (Wildman–Crippen MR) is 75.7 cm³/mol. The van der Waals surface area contributed by atoms with Crippen molar-refractivity contribution in [3.63, 3.8) is 0 Å². The van der Waals surface area contributed by atoms with Gasteiger partial charge >= 0.3 is 0 Å². The summed E-state index contributed by atoms with van der Waals surface area (Å²) in [7, 11) is 0. The molecule has 0 spiro atoms. The first-order chi connectivity index (χ1) is 8.74. The molecule has 0 amide bonds. The van der Waals surface area contributed by atoms with E-state index >= 15 is 0 Å². The molecule has 0 radical (unpaired) electrons. The zero-order chi connectivity index (χ0) is 13.0. The van der Waals surface area contributed by atoms with Crippen LogP contribution in [0.25, 0.3) is 0 Å². The van der Waals surface area contributed by atoms with Crippen molar-refractivity contribution in [2.45, 2.75) is 58.0 Å². The highest BCUT2D eigenvalue weighted by Crippen LogP contribution is 2.37. The minimum Gasteiger partial charge on any atom is -0.395 e. The summed E-state index contributed by atoms with van der Waals surface area (Å²) < 4.78 is 0. The molecule has 0 aromatic carbocycles. The fourth-order valence-corrected chi connectivity index (χ4v) is 3.48. The van der Waals surface area contributed by atoms with E-state index in [2.05, 4.69) is 24.1 Å². The summed E-state index contributed by atoms with van der Waals surface area (Å²) in [6.07, 6.45) is 6.81. The van der Waals surface area contributed by atoms with Gasteiger partial charge in [0.1, 0.15) is 0 Å². The highest BCUT2D eigenvalue weighted by molar-refractivity contribution is 4.91. The first-order valence-corrected chi connectivity index (χ1v) is 7.82. The van der Waals surface area contributed by atoms with Gasteiger partial charge in [-0.3, -0.25) is 4.90 Å². The number of likely N-dealkylation sites (tertiary alicyclic amines) is 1. The second kappa shape index (κ2) is 6.88. The van der Waals surface area contributed by atoms with Crippen LogP contribution in [0, 0.1) is 11.8 Å². The van der Waals surface area contributed by atoms with Crippen LogP contribution in [0.15, 0.2) is 0 Å². The topological polar surface area (TPSA) is 35.5 Å². The summed E-state index contributed by atoms with van der Waals surface area (Å²) in [5.41, 5.74) is 0. The van der Waals surface area contributed by atoms with Crippen LogP contribution < -0.4 is 5.32 Å². The molecule has 106 valence electrons. The van der Waals surface area contributed by atoms with Crippen LogP contribution >= 0.6 is 0 Å². The molecule has 18 heavy (non-hydrogen) atoms. The second-order valence-electron chi connectivity index (χ2n) is 6.30. The van der Waals surface area contributed by atoms with E-state index < -0.39 is 0 Å². The summed E-state index contributed by atoms with van der Waals surface area (Å²) in [6, 6.07) is 1.35. The van der Waals surface area contributed by atoms with Crippen LogP contribution in [0.2, 0.25) is 0 Å². The van der Waals surface area contributed by atoms with Gasteiger partial charge in [-0.15, -0.1) is 0 Å². The van der Waals surface area contributed by atoms with Gasteiger partial charge in [-0.1, -0.05) is 13.3 Å². The molecular formula is C15H30N2O. The highest BCUT2D eigenvalue weighted by Gasteiger charge is 2.36. The molecule has 0 aromatic rings. The summed E-state index contributed by atoms with van der Waals surface area (Å²) in [4.78, 5) is 2.70. The third-order valence-corrected chi connectivity index (χ3v) is 4.69. The van der Waals surface area contributed by atoms with Crippen molar-refractivity contribution in [3.8, 4) is 0 Å². The summed E-state index contributed by atoms with van der Waals surface area (Å²) in [5.74, 6) is 1.81. The van der Waals surface area contributed by atoms with Gasteiger partial charge in [-0.25, -0.2) is 0 Å². The van der Waals surface area contributed by atoms with Crippen LogP contribution in [0.4, 0.5) is 0 Å². The van der Waals surface area contributed by atoms with Gasteiger partial charge in [0.05, 0.1) is 6.61 Å². The number of rotatable bonds is 7. The van der Waals surface area contributed by atoms with Gasteiger partial charge in [-0.05, 0) is 44.4 Å². The van der Waals surface area contributed by atoms with Crippen molar-refractivity contribution < 1.29 is 5.11 Å². The SMILES string of the molecule is CCCC1CC(NCCO)CN(C(C)C2CC2)C1. The number of hydrogen-bond donors (Lipinski definition) is 2. The molecule has 2 aliphatic rings. The third-order valence-electron chi connectivity index (χ3n) is 4.69. The Morgan fingerprint density at radius 1 is 1.33 bits per heavy atom. The molecule has 0 bridgehead atoms. The number of nitrogens with zero attached hydrogens (tertiary/aromatic N) is 1. The van der Waals surface area contributed by atoms with Gasteiger partial charge in [0, 0.05) is 31.7 Å². The maximum atomic E-state index is 8.96. The second-order valence-corrected chi connectivity index (χ2v) is 6.30. The molecule has 3 unspecified atom stereocenters. The lowest BCUT2D eigenvalue weighted by molar-refractivity contribution is 0.0887. The quantitative estimate of drug-likeness (QED) is 0.728. The van der Waals surface area contributed by atoms with Crippen LogP contribution in [0.3, 0.4) is 0 Å². The summed E-state index contributed by atoms with van der Waals surface area (Å²) in [5, 5.41) is 12.5. The molecule has 1 heterocycles. The van der Waals surface area contributed by atoms with Crippen molar-refractivity contribution in [3.05, 3.63) is 0 Å². The standard InChI is InChI=1S/C15H30N2O/c1-3-4-13-9-15(16-7-8-18)11-17(10-13)12(2)14-5-6-14/h12-16,18H,3-11H2,1-2H3. The number of aliphatic hydroxyl groups is 1. The smallest absolute Gasteiger partial charge is 0.0556 e. The molecule has 3 nitrogen and oxygen atoms in total. The molecule has 1 saturated heterocycles. The molecule has 1 aliphatic carbocycles. The van der Waals surface area contributed by atoms with Gasteiger partial charge in [0.2, 0.25) is 0 Å². The molecule has 3 atom stereocenters. The summed E-state index contributed by atoms with van der Waals surface area (Å²) in [6.45, 7) is 8.18. The van der Waals surface area contributed by atoms with E-state index in [1.54, 1.807) is 0 Å². The fraction of sp³-hybridized carbons (Fsp3) is 1.00. The molecule has 3 heteroatoms. The van der Waals surface area contributed by atoms with Gasteiger partial charge < -0.3 is 10.4 Å². The van der Waals surface area contributed by atoms with Crippen molar-refractivity contribution in [2.75, 3.05) is 26.2 Å². The normalized spacial score (nSPS) is 31.5. The first kappa shape index (κ1) is 14.3. The predicted octanol–water partition coefficient (Wildman–Crippen LogP) is 1.86. The van der Waals surface area contributed by atoms with Crippen LogP contribution in [-0.4, -0.2) is 48.3 Å². The number of hydrogen-bond acceptors (Lipinski definition) is 3. The lowest BCUT2D eigenvalue weighted by Crippen LogP contribution is -2.52. The van der Waals surface area contributed by atoms with E-state index in [0.29, 0.717) is 6.04 Å². The summed E-state index contributed by atoms with van der Waals surface area (Å²) >= 11 is 0. The average molecular weight is 254 g/mol. The highest BCUT2D eigenvalue weighted by atomic mass is 16.3. The largest absolute Gasteiger partial charge is 0.395 e. The fourth-order valence-electron chi connectivity index (χ4n) is 3.48. The van der Waals surface area contributed by atoms with Gasteiger partial charge in [-0.2, -0.15) is 0 Å². The first-order valence-electron chi connectivity index (χ1n) is 7.82. The maximum absolute atomic E-state index is 8.96. The molecule has 0 aromatic heterocycles. The van der Waals surface area contributed by atoms with E-state index in [1.807, 2.05) is 0 Å². The molecule has 2 rings (SSSR count). The Morgan fingerprint density at radius 3 is 2.72 bits per heavy atom. The van der Waals surface area contributed by atoms with E-state index in [4.69, 9.17) is 5.11 Å². The lowest BCUT2D eigenvalue weighted by Gasteiger charge is -2.41. The molecule has 1 aliphatic heterocycles. The monoisotopic (exact) mass is 254 g/mol. The zero-order valence-corrected chi connectivity index (χ0v) is 12.1. The Balaban J connectivity index is 1.87. The third kappa shape index (κ3) is 3.94. The zero-order valence-electron chi connectivity index (χ0n) is 12.1. The van der Waals surface area contributed by atoms with Crippen molar-refractivity contribution in [1.29, 1.82) is 0 Å². The average Bonchev–Trinajstić information content (AvgIpc) is 3.20. The lowest BCUT2D eigenvalue weighted by atomic mass is 9.89. The Morgan fingerprint density at radius 2 is 2.11 bits per heavy atom. The molecular weight excluding hydrogens is 224 g/mol. The van der Waals surface area contributed by atoms with E-state index in [0.717, 1.165) is 24.4 Å². The van der Waals surface area contributed by atoms with Gasteiger partial charge in [0.25, 0.3) is 0 Å². The van der Waals surface area contributed by atoms with Crippen LogP contribution in [-0.2, 0) is 0 Å². The Labute approximate surface area is 112 Å². The van der Waals surface area contributed by atoms with Crippen molar-refractivity contribution in [2.24, 2.45) is 11.8 Å². The molecule has 2 N–H and O–H groups in total. The van der Waals surface area contributed by atoms with E-state index in [1.165, 1.54) is 45.2 Å². The Bertz CT molecular complexity index is 243. The molecule has 1 saturated carbocycles.